The third-order valence-corrected chi connectivity index (χ3v) is 5.20. The molecule has 0 N–H and O–H groups in total. The van der Waals surface area contributed by atoms with Gasteiger partial charge in [0.2, 0.25) is 0 Å². The Morgan fingerprint density at radius 2 is 1.19 bits per heavy atom. The molecule has 0 atom stereocenters. The van der Waals surface area contributed by atoms with Crippen LogP contribution < -0.4 is 10.6 Å². The van der Waals surface area contributed by atoms with Crippen LogP contribution in [0.4, 0.5) is 0 Å². The van der Waals surface area contributed by atoms with Gasteiger partial charge in [-0.2, -0.15) is 0 Å². The summed E-state index contributed by atoms with van der Waals surface area (Å²) in [6.07, 6.45) is 0. The number of benzene rings is 2. The van der Waals surface area contributed by atoms with Crippen molar-refractivity contribution in [1.29, 1.82) is 0 Å². The predicted octanol–water partition coefficient (Wildman–Crippen LogP) is 2.82. The van der Waals surface area contributed by atoms with Crippen molar-refractivity contribution in [2.24, 2.45) is 0 Å². The van der Waals surface area contributed by atoms with E-state index in [1.165, 1.54) is 10.6 Å². The fourth-order valence-corrected chi connectivity index (χ4v) is 4.33. The minimum absolute atomic E-state index is 0.460. The Balaban J connectivity index is 2.44. The van der Waals surface area contributed by atoms with E-state index in [9.17, 15) is 0 Å². The van der Waals surface area contributed by atoms with Crippen molar-refractivity contribution in [3.63, 3.8) is 0 Å². The molecular formula is C14H13NiP. The van der Waals surface area contributed by atoms with Crippen LogP contribution in [-0.2, 0) is 15.0 Å². The molecule has 2 rings (SSSR count). The Labute approximate surface area is 105 Å². The Bertz CT molecular complexity index is 425. The first-order chi connectivity index (χ1) is 7.79. The van der Waals surface area contributed by atoms with Gasteiger partial charge in [0, 0.05) is 0 Å². The van der Waals surface area contributed by atoms with Crippen molar-refractivity contribution >= 4 is 22.8 Å². The summed E-state index contributed by atoms with van der Waals surface area (Å²) in [6.45, 7) is 2.06. The summed E-state index contributed by atoms with van der Waals surface area (Å²) in [4.78, 5) is 0. The summed E-state index contributed by atoms with van der Waals surface area (Å²) in [5.74, 6) is 0. The van der Waals surface area contributed by atoms with Gasteiger partial charge in [-0.05, 0) is 0 Å². The molecule has 16 heavy (non-hydrogen) atoms. The number of hydrogen-bond donors (Lipinski definition) is 0. The fraction of sp³-hybridized carbons (Fsp3) is 0.0714. The summed E-state index contributed by atoms with van der Waals surface area (Å²) >= 11 is 5.09. The molecule has 0 spiro atoms. The molecule has 2 heteroatoms. The molecule has 0 aliphatic heterocycles. The van der Waals surface area contributed by atoms with Gasteiger partial charge in [-0.3, -0.25) is 0 Å². The molecule has 0 nitrogen and oxygen atoms in total. The van der Waals surface area contributed by atoms with Crippen molar-refractivity contribution in [3.05, 3.63) is 60.7 Å². The molecule has 0 saturated carbocycles. The second-order valence-electron chi connectivity index (χ2n) is 3.46. The molecule has 0 fully saturated rings. The van der Waals surface area contributed by atoms with Gasteiger partial charge < -0.3 is 0 Å². The van der Waals surface area contributed by atoms with Crippen LogP contribution >= 0.6 is 7.92 Å². The van der Waals surface area contributed by atoms with Gasteiger partial charge in [0.05, 0.1) is 0 Å². The summed E-state index contributed by atoms with van der Waals surface area (Å²) in [7, 11) is -0.460. The molecule has 0 radical (unpaired) electrons. The number of hydrogen-bond acceptors (Lipinski definition) is 0. The van der Waals surface area contributed by atoms with E-state index in [2.05, 4.69) is 55.5 Å². The predicted molar refractivity (Wildman–Crippen MR) is 69.8 cm³/mol. The Morgan fingerprint density at radius 1 is 0.812 bits per heavy atom. The average Bonchev–Trinajstić information content (AvgIpc) is 2.31. The topological polar surface area (TPSA) is 0 Å². The average molecular weight is 271 g/mol. The second-order valence-corrected chi connectivity index (χ2v) is 6.91. The maximum absolute atomic E-state index is 5.09. The van der Waals surface area contributed by atoms with E-state index in [1.807, 2.05) is 12.1 Å². The molecule has 0 bridgehead atoms. The molecule has 2 aromatic rings. The quantitative estimate of drug-likeness (QED) is 0.594. The Kier molecular flexibility index (Phi) is 4.05. The van der Waals surface area contributed by atoms with Gasteiger partial charge in [0.1, 0.15) is 0 Å². The van der Waals surface area contributed by atoms with Crippen LogP contribution in [0.25, 0.3) is 0 Å². The van der Waals surface area contributed by atoms with E-state index in [0.29, 0.717) is 0 Å². The molecule has 0 aliphatic carbocycles. The molecule has 0 saturated heterocycles. The van der Waals surface area contributed by atoms with Crippen LogP contribution in [0.2, 0.25) is 0 Å². The minimum atomic E-state index is -0.460. The van der Waals surface area contributed by atoms with Crippen LogP contribution in [0.15, 0.2) is 60.7 Å². The van der Waals surface area contributed by atoms with Crippen LogP contribution in [0.3, 0.4) is 0 Å². The van der Waals surface area contributed by atoms with Crippen LogP contribution in [-0.4, -0.2) is 4.23 Å². The monoisotopic (exact) mass is 270 g/mol. The molecule has 0 amide bonds. The fourth-order valence-electron chi connectivity index (χ4n) is 1.64. The van der Waals surface area contributed by atoms with Gasteiger partial charge in [0.25, 0.3) is 0 Å². The first-order valence-corrected chi connectivity index (χ1v) is 6.99. The third-order valence-electron chi connectivity index (χ3n) is 2.32. The molecule has 84 valence electrons. The summed E-state index contributed by atoms with van der Waals surface area (Å²) in [5.41, 5.74) is 0. The van der Waals surface area contributed by atoms with E-state index in [4.69, 9.17) is 15.0 Å². The summed E-state index contributed by atoms with van der Waals surface area (Å²) < 4.78 is 1.12. The van der Waals surface area contributed by atoms with Gasteiger partial charge in [-0.1, -0.05) is 0 Å². The first kappa shape index (κ1) is 11.7. The SMILES string of the molecule is C[C](=[Ni])P(c1ccccc1)c1ccccc1. The van der Waals surface area contributed by atoms with E-state index >= 15 is 0 Å². The zero-order chi connectivity index (χ0) is 11.4. The first-order valence-electron chi connectivity index (χ1n) is 5.15. The Morgan fingerprint density at radius 3 is 1.50 bits per heavy atom. The van der Waals surface area contributed by atoms with Gasteiger partial charge >= 0.3 is 105 Å². The van der Waals surface area contributed by atoms with Crippen LogP contribution in [0.5, 0.6) is 0 Å². The standard InChI is InChI=1S/C14H13P.Ni/c1-2-15(13-9-5-3-6-10-13)14-11-7-4-8-12-14;/h3-12H,1H3;. The molecule has 0 unspecified atom stereocenters. The van der Waals surface area contributed by atoms with E-state index < -0.39 is 7.92 Å². The molecule has 0 aliphatic rings. The van der Waals surface area contributed by atoms with Crippen LogP contribution in [0, 0.1) is 0 Å². The van der Waals surface area contributed by atoms with Crippen molar-refractivity contribution in [2.75, 3.05) is 0 Å². The normalized spacial score (nSPS) is 10.5. The zero-order valence-electron chi connectivity index (χ0n) is 9.04. The van der Waals surface area contributed by atoms with Gasteiger partial charge in [-0.15, -0.1) is 0 Å². The zero-order valence-corrected chi connectivity index (χ0v) is 10.9. The Hall–Kier alpha value is -0.766. The van der Waals surface area contributed by atoms with Crippen molar-refractivity contribution < 1.29 is 15.0 Å². The second kappa shape index (κ2) is 5.53. The van der Waals surface area contributed by atoms with Crippen molar-refractivity contribution in [3.8, 4) is 0 Å². The van der Waals surface area contributed by atoms with Gasteiger partial charge in [-0.25, -0.2) is 0 Å². The summed E-state index contributed by atoms with van der Waals surface area (Å²) in [5, 5.41) is 2.68. The molecule has 0 aromatic heterocycles. The molecular weight excluding hydrogens is 258 g/mol. The van der Waals surface area contributed by atoms with E-state index in [1.54, 1.807) is 0 Å². The maximum atomic E-state index is 5.09. The third kappa shape index (κ3) is 2.67. The van der Waals surface area contributed by atoms with E-state index in [0.717, 1.165) is 4.23 Å². The number of rotatable bonds is 3. The van der Waals surface area contributed by atoms with E-state index in [-0.39, 0.29) is 0 Å². The van der Waals surface area contributed by atoms with Crippen molar-refractivity contribution in [2.45, 2.75) is 6.92 Å². The summed E-state index contributed by atoms with van der Waals surface area (Å²) in [6, 6.07) is 21.1. The van der Waals surface area contributed by atoms with Crippen LogP contribution in [0.1, 0.15) is 6.92 Å². The molecule has 0 heterocycles. The molecule has 2 aromatic carbocycles. The van der Waals surface area contributed by atoms with Gasteiger partial charge in [0.15, 0.2) is 0 Å². The van der Waals surface area contributed by atoms with Crippen molar-refractivity contribution in [1.82, 2.24) is 0 Å².